The van der Waals surface area contributed by atoms with Crippen LogP contribution in [0.5, 0.6) is 11.5 Å². The number of carbonyl (C=O) groups is 2. The van der Waals surface area contributed by atoms with E-state index in [-0.39, 0.29) is 48.0 Å². The second kappa shape index (κ2) is 6.73. The lowest BCUT2D eigenvalue weighted by molar-refractivity contribution is -0.140. The van der Waals surface area contributed by atoms with Crippen molar-refractivity contribution in [2.75, 3.05) is 7.11 Å². The molecule has 2 N–H and O–H groups in total. The largest absolute Gasteiger partial charge is 0.507 e. The zero-order chi connectivity index (χ0) is 17.1. The number of benzene rings is 1. The second-order valence-electron chi connectivity index (χ2n) is 5.56. The molecule has 1 aromatic rings. The van der Waals surface area contributed by atoms with Gasteiger partial charge in [-0.1, -0.05) is 11.6 Å². The first-order valence-corrected chi connectivity index (χ1v) is 7.32. The number of hydrogen-bond donors (Lipinski definition) is 2. The van der Waals surface area contributed by atoms with Gasteiger partial charge < -0.3 is 19.7 Å². The second-order valence-corrected chi connectivity index (χ2v) is 5.56. The average Bonchev–Trinajstić information content (AvgIpc) is 2.92. The third kappa shape index (κ3) is 3.31. The van der Waals surface area contributed by atoms with Gasteiger partial charge in [0.15, 0.2) is 0 Å². The number of cyclic esters (lactones) is 1. The average molecular weight is 320 g/mol. The van der Waals surface area contributed by atoms with E-state index in [0.717, 1.165) is 5.57 Å². The topological polar surface area (TPSA) is 93.1 Å². The molecule has 1 aliphatic heterocycles. The van der Waals surface area contributed by atoms with Gasteiger partial charge in [0.25, 0.3) is 0 Å². The first-order chi connectivity index (χ1) is 10.9. The zero-order valence-corrected chi connectivity index (χ0v) is 13.4. The zero-order valence-electron chi connectivity index (χ0n) is 13.4. The maximum absolute atomic E-state index is 11.7. The Kier molecular flexibility index (Phi) is 4.93. The minimum atomic E-state index is -0.576. The number of ether oxygens (including phenoxy) is 2. The van der Waals surface area contributed by atoms with Crippen molar-refractivity contribution in [3.8, 4) is 11.5 Å². The summed E-state index contributed by atoms with van der Waals surface area (Å²) in [6, 6.07) is 0. The summed E-state index contributed by atoms with van der Waals surface area (Å²) in [4.78, 5) is 22.8. The van der Waals surface area contributed by atoms with Crippen molar-refractivity contribution in [1.82, 2.24) is 0 Å². The Morgan fingerprint density at radius 1 is 1.30 bits per heavy atom. The quantitative estimate of drug-likeness (QED) is 0.639. The Bertz CT molecular complexity index is 687. The highest BCUT2D eigenvalue weighted by atomic mass is 16.5. The smallest absolute Gasteiger partial charge is 0.342 e. The molecule has 1 aromatic carbocycles. The molecular weight excluding hydrogens is 300 g/mol. The molecule has 2 rings (SSSR count). The van der Waals surface area contributed by atoms with E-state index in [1.54, 1.807) is 6.92 Å². The highest BCUT2D eigenvalue weighted by Crippen LogP contribution is 2.41. The summed E-state index contributed by atoms with van der Waals surface area (Å²) in [5.74, 6) is -1.13. The molecule has 0 unspecified atom stereocenters. The third-order valence-corrected chi connectivity index (χ3v) is 4.08. The molecule has 0 fully saturated rings. The number of esters is 2. The van der Waals surface area contributed by atoms with Gasteiger partial charge in [-0.25, -0.2) is 4.79 Å². The molecule has 1 heterocycles. The van der Waals surface area contributed by atoms with Gasteiger partial charge in [0.2, 0.25) is 0 Å². The Balaban J connectivity index is 2.24. The number of fused-ring (bicyclic) bond motifs is 1. The lowest BCUT2D eigenvalue weighted by atomic mass is 9.95. The van der Waals surface area contributed by atoms with Crippen molar-refractivity contribution in [3.63, 3.8) is 0 Å². The highest BCUT2D eigenvalue weighted by molar-refractivity contribution is 5.98. The predicted molar refractivity (Wildman–Crippen MR) is 82.3 cm³/mol. The van der Waals surface area contributed by atoms with Gasteiger partial charge in [-0.2, -0.15) is 0 Å². The number of hydrogen-bond acceptors (Lipinski definition) is 6. The van der Waals surface area contributed by atoms with Crippen LogP contribution in [0.3, 0.4) is 0 Å². The monoisotopic (exact) mass is 320 g/mol. The molecule has 6 nitrogen and oxygen atoms in total. The van der Waals surface area contributed by atoms with Crippen LogP contribution in [0, 0.1) is 6.92 Å². The fourth-order valence-corrected chi connectivity index (χ4v) is 2.55. The van der Waals surface area contributed by atoms with Crippen molar-refractivity contribution < 1.29 is 29.3 Å². The van der Waals surface area contributed by atoms with E-state index >= 15 is 0 Å². The van der Waals surface area contributed by atoms with E-state index in [1.165, 1.54) is 7.11 Å². The Labute approximate surface area is 134 Å². The maximum atomic E-state index is 11.7. The van der Waals surface area contributed by atoms with Crippen LogP contribution in [-0.4, -0.2) is 29.3 Å². The SMILES string of the molecule is COC(=O)CC/C(C)=C/Cc1c(O)c(C)c2c(c1O)C(=O)OC2. The molecule has 0 amide bonds. The van der Waals surface area contributed by atoms with E-state index in [2.05, 4.69) is 4.74 Å². The third-order valence-electron chi connectivity index (χ3n) is 4.08. The summed E-state index contributed by atoms with van der Waals surface area (Å²) in [6.45, 7) is 3.60. The van der Waals surface area contributed by atoms with Crippen LogP contribution >= 0.6 is 0 Å². The Morgan fingerprint density at radius 2 is 2.00 bits per heavy atom. The number of rotatable bonds is 5. The van der Waals surface area contributed by atoms with Crippen molar-refractivity contribution in [2.24, 2.45) is 0 Å². The van der Waals surface area contributed by atoms with E-state index in [4.69, 9.17) is 4.74 Å². The van der Waals surface area contributed by atoms with Crippen LogP contribution in [0.1, 0.15) is 46.8 Å². The molecule has 0 saturated carbocycles. The van der Waals surface area contributed by atoms with Gasteiger partial charge in [-0.3, -0.25) is 4.79 Å². The molecule has 0 atom stereocenters. The van der Waals surface area contributed by atoms with E-state index in [9.17, 15) is 19.8 Å². The molecular formula is C17H20O6. The van der Waals surface area contributed by atoms with E-state index in [0.29, 0.717) is 17.5 Å². The molecule has 0 saturated heterocycles. The first kappa shape index (κ1) is 16.9. The number of carbonyl (C=O) groups excluding carboxylic acids is 2. The van der Waals surface area contributed by atoms with Gasteiger partial charge in [0.1, 0.15) is 23.7 Å². The van der Waals surface area contributed by atoms with Gasteiger partial charge in [0.05, 0.1) is 7.11 Å². The molecule has 0 radical (unpaired) electrons. The van der Waals surface area contributed by atoms with Crippen LogP contribution in [0.15, 0.2) is 11.6 Å². The minimum absolute atomic E-state index is 0.0310. The van der Waals surface area contributed by atoms with E-state index in [1.807, 2.05) is 13.0 Å². The molecule has 0 bridgehead atoms. The van der Waals surface area contributed by atoms with Crippen LogP contribution in [0.4, 0.5) is 0 Å². The molecule has 0 aromatic heterocycles. The molecule has 0 aliphatic carbocycles. The number of phenols is 2. The number of phenolic OH excluding ortho intramolecular Hbond substituents is 2. The number of methoxy groups -OCH3 is 1. The van der Waals surface area contributed by atoms with Crippen LogP contribution < -0.4 is 0 Å². The summed E-state index contributed by atoms with van der Waals surface area (Å²) in [5.41, 5.74) is 2.42. The van der Waals surface area contributed by atoms with Crippen molar-refractivity contribution >= 4 is 11.9 Å². The maximum Gasteiger partial charge on any atom is 0.342 e. The molecule has 0 spiro atoms. The molecule has 1 aliphatic rings. The van der Waals surface area contributed by atoms with Gasteiger partial charge in [-0.15, -0.1) is 0 Å². The van der Waals surface area contributed by atoms with Crippen LogP contribution in [0.2, 0.25) is 0 Å². The Hall–Kier alpha value is -2.50. The van der Waals surface area contributed by atoms with Crippen molar-refractivity contribution in [1.29, 1.82) is 0 Å². The standard InChI is InChI=1S/C17H20O6/c1-9(5-7-13(18)22-3)4-6-11-15(19)10(2)12-8-23-17(21)14(12)16(11)20/h4,19-20H,5-8H2,1-3H3/b9-4+. The summed E-state index contributed by atoms with van der Waals surface area (Å²) in [7, 11) is 1.34. The van der Waals surface area contributed by atoms with Gasteiger partial charge >= 0.3 is 11.9 Å². The summed E-state index contributed by atoms with van der Waals surface area (Å²) < 4.78 is 9.50. The first-order valence-electron chi connectivity index (χ1n) is 7.32. The number of aromatic hydroxyl groups is 2. The van der Waals surface area contributed by atoms with E-state index < -0.39 is 5.97 Å². The van der Waals surface area contributed by atoms with Crippen LogP contribution in [0.25, 0.3) is 0 Å². The highest BCUT2D eigenvalue weighted by Gasteiger charge is 2.31. The fraction of sp³-hybridized carbons (Fsp3) is 0.412. The molecule has 124 valence electrons. The van der Waals surface area contributed by atoms with Gasteiger partial charge in [0, 0.05) is 17.5 Å². The lowest BCUT2D eigenvalue weighted by Crippen LogP contribution is -2.01. The summed E-state index contributed by atoms with van der Waals surface area (Å²) in [6.07, 6.45) is 2.86. The summed E-state index contributed by atoms with van der Waals surface area (Å²) >= 11 is 0. The van der Waals surface area contributed by atoms with Crippen LogP contribution in [-0.2, 0) is 27.3 Å². The number of allylic oxidation sites excluding steroid dienone is 2. The minimum Gasteiger partial charge on any atom is -0.507 e. The normalized spacial score (nSPS) is 13.7. The van der Waals surface area contributed by atoms with Crippen molar-refractivity contribution in [2.45, 2.75) is 39.7 Å². The van der Waals surface area contributed by atoms with Gasteiger partial charge in [-0.05, 0) is 32.3 Å². The predicted octanol–water partition coefficient (Wildman–Crippen LogP) is 2.52. The lowest BCUT2D eigenvalue weighted by Gasteiger charge is -2.12. The van der Waals surface area contributed by atoms with Crippen molar-refractivity contribution in [3.05, 3.63) is 33.9 Å². The molecule has 6 heteroatoms. The Morgan fingerprint density at radius 3 is 2.65 bits per heavy atom. The fourth-order valence-electron chi connectivity index (χ4n) is 2.55. The molecule has 23 heavy (non-hydrogen) atoms. The summed E-state index contributed by atoms with van der Waals surface area (Å²) in [5, 5.41) is 20.6.